The van der Waals surface area contributed by atoms with Crippen LogP contribution in [-0.4, -0.2) is 30.1 Å². The maximum absolute atomic E-state index is 11.2. The number of nitrogens with zero attached hydrogens (tertiary/aromatic N) is 1. The molecular weight excluding hydrogens is 220 g/mol. The fourth-order valence-electron chi connectivity index (χ4n) is 1.80. The van der Waals surface area contributed by atoms with Crippen molar-refractivity contribution in [1.29, 1.82) is 0 Å². The molecule has 92 valence electrons. The number of rotatable bonds is 5. The van der Waals surface area contributed by atoms with E-state index >= 15 is 0 Å². The Balaban J connectivity index is 3.44. The number of carbonyl (C=O) groups is 2. The van der Waals surface area contributed by atoms with Crippen molar-refractivity contribution in [1.82, 2.24) is 0 Å². The predicted molar refractivity (Wildman–Crippen MR) is 65.5 cm³/mol. The Morgan fingerprint density at radius 3 is 2.29 bits per heavy atom. The van der Waals surface area contributed by atoms with Gasteiger partial charge in [-0.15, -0.1) is 0 Å². The molecule has 0 aromatic heterocycles. The van der Waals surface area contributed by atoms with E-state index in [1.54, 1.807) is 12.1 Å². The second kappa shape index (κ2) is 5.34. The van der Waals surface area contributed by atoms with Crippen LogP contribution >= 0.6 is 0 Å². The molecule has 1 aromatic carbocycles. The second-order valence-corrected chi connectivity index (χ2v) is 3.54. The molecule has 1 aromatic rings. The lowest BCUT2D eigenvalue weighted by Crippen LogP contribution is -2.26. The number of hydrogen-bond acceptors (Lipinski definition) is 3. The first-order valence-electron chi connectivity index (χ1n) is 5.43. The van der Waals surface area contributed by atoms with Crippen LogP contribution in [0.5, 0.6) is 0 Å². The molecule has 0 aliphatic rings. The monoisotopic (exact) mass is 236 g/mol. The summed E-state index contributed by atoms with van der Waals surface area (Å²) in [5, 5.41) is 9.20. The topological polar surface area (TPSA) is 83.6 Å². The lowest BCUT2D eigenvalue weighted by Gasteiger charge is -2.23. The zero-order valence-electron chi connectivity index (χ0n) is 9.93. The number of carboxylic acid groups (broad SMARTS) is 1. The Morgan fingerprint density at radius 1 is 1.29 bits per heavy atom. The van der Waals surface area contributed by atoms with Crippen molar-refractivity contribution in [3.63, 3.8) is 0 Å². The van der Waals surface area contributed by atoms with Gasteiger partial charge in [-0.05, 0) is 26.0 Å². The summed E-state index contributed by atoms with van der Waals surface area (Å²) in [6, 6.07) is 4.75. The number of carboxylic acids is 1. The van der Waals surface area contributed by atoms with Crippen LogP contribution in [0, 0.1) is 0 Å². The van der Waals surface area contributed by atoms with Gasteiger partial charge in [-0.1, -0.05) is 6.07 Å². The van der Waals surface area contributed by atoms with E-state index < -0.39 is 11.9 Å². The van der Waals surface area contributed by atoms with Gasteiger partial charge in [0, 0.05) is 13.1 Å². The number of hydrogen-bond donors (Lipinski definition) is 2. The zero-order chi connectivity index (χ0) is 13.0. The number of anilines is 1. The summed E-state index contributed by atoms with van der Waals surface area (Å²) >= 11 is 0. The first-order valence-corrected chi connectivity index (χ1v) is 5.43. The van der Waals surface area contributed by atoms with Gasteiger partial charge >= 0.3 is 5.97 Å². The Morgan fingerprint density at radius 2 is 1.88 bits per heavy atom. The molecular formula is C12H16N2O3. The summed E-state index contributed by atoms with van der Waals surface area (Å²) in [7, 11) is 0. The average Bonchev–Trinajstić information content (AvgIpc) is 2.30. The van der Waals surface area contributed by atoms with E-state index in [-0.39, 0.29) is 11.1 Å². The van der Waals surface area contributed by atoms with E-state index in [1.165, 1.54) is 6.07 Å². The van der Waals surface area contributed by atoms with Crippen molar-refractivity contribution in [3.8, 4) is 0 Å². The van der Waals surface area contributed by atoms with Crippen LogP contribution in [0.25, 0.3) is 0 Å². The van der Waals surface area contributed by atoms with Gasteiger partial charge in [0.1, 0.15) is 0 Å². The molecule has 0 saturated carbocycles. The van der Waals surface area contributed by atoms with Gasteiger partial charge in [-0.2, -0.15) is 0 Å². The van der Waals surface area contributed by atoms with E-state index in [0.717, 1.165) is 0 Å². The average molecular weight is 236 g/mol. The molecule has 0 spiro atoms. The molecule has 0 atom stereocenters. The lowest BCUT2D eigenvalue weighted by atomic mass is 10.0. The minimum Gasteiger partial charge on any atom is -0.478 e. The van der Waals surface area contributed by atoms with Crippen LogP contribution in [0.1, 0.15) is 34.6 Å². The molecule has 0 aliphatic carbocycles. The minimum absolute atomic E-state index is 0.0244. The number of aromatic carboxylic acids is 1. The minimum atomic E-state index is -1.14. The molecule has 17 heavy (non-hydrogen) atoms. The fourth-order valence-corrected chi connectivity index (χ4v) is 1.80. The summed E-state index contributed by atoms with van der Waals surface area (Å²) in [6.45, 7) is 5.18. The highest BCUT2D eigenvalue weighted by atomic mass is 16.4. The smallest absolute Gasteiger partial charge is 0.338 e. The third-order valence-corrected chi connectivity index (χ3v) is 2.63. The van der Waals surface area contributed by atoms with Gasteiger partial charge in [0.15, 0.2) is 0 Å². The predicted octanol–water partition coefficient (Wildman–Crippen LogP) is 1.33. The van der Waals surface area contributed by atoms with Crippen LogP contribution in [0.4, 0.5) is 5.69 Å². The quantitative estimate of drug-likeness (QED) is 0.807. The molecule has 5 nitrogen and oxygen atoms in total. The highest BCUT2D eigenvalue weighted by Gasteiger charge is 2.20. The van der Waals surface area contributed by atoms with Crippen LogP contribution < -0.4 is 10.6 Å². The largest absolute Gasteiger partial charge is 0.478 e. The standard InChI is InChI=1S/C12H16N2O3/c1-3-14(4-2)9-7-5-6-8(11(13)15)10(9)12(16)17/h5-7H,3-4H2,1-2H3,(H2,13,15)(H,16,17). The summed E-state index contributed by atoms with van der Waals surface area (Å²) < 4.78 is 0. The van der Waals surface area contributed by atoms with Crippen LogP contribution in [0.3, 0.4) is 0 Å². The molecule has 0 fully saturated rings. The Bertz CT molecular complexity index is 439. The highest BCUT2D eigenvalue weighted by molar-refractivity contribution is 6.07. The summed E-state index contributed by atoms with van der Waals surface area (Å²) in [6.07, 6.45) is 0. The molecule has 0 saturated heterocycles. The van der Waals surface area contributed by atoms with Gasteiger partial charge < -0.3 is 15.7 Å². The molecule has 0 bridgehead atoms. The molecule has 3 N–H and O–H groups in total. The first kappa shape index (κ1) is 13.0. The van der Waals surface area contributed by atoms with Crippen molar-refractivity contribution in [2.24, 2.45) is 5.73 Å². The van der Waals surface area contributed by atoms with E-state index in [0.29, 0.717) is 18.8 Å². The normalized spacial score (nSPS) is 10.0. The fraction of sp³-hybridized carbons (Fsp3) is 0.333. The Hall–Kier alpha value is -2.04. The summed E-state index contributed by atoms with van der Waals surface area (Å²) in [5.41, 5.74) is 5.73. The third kappa shape index (κ3) is 2.55. The third-order valence-electron chi connectivity index (χ3n) is 2.63. The first-order chi connectivity index (χ1) is 8.02. The van der Waals surface area contributed by atoms with Crippen LogP contribution in [0.2, 0.25) is 0 Å². The molecule has 0 unspecified atom stereocenters. The molecule has 5 heteroatoms. The van der Waals surface area contributed by atoms with Crippen LogP contribution in [-0.2, 0) is 0 Å². The molecule has 0 radical (unpaired) electrons. The maximum atomic E-state index is 11.2. The number of benzene rings is 1. The van der Waals surface area contributed by atoms with Crippen molar-refractivity contribution in [2.75, 3.05) is 18.0 Å². The maximum Gasteiger partial charge on any atom is 0.338 e. The van der Waals surface area contributed by atoms with E-state index in [9.17, 15) is 14.7 Å². The zero-order valence-corrected chi connectivity index (χ0v) is 9.93. The van der Waals surface area contributed by atoms with Crippen LogP contribution in [0.15, 0.2) is 18.2 Å². The molecule has 1 amide bonds. The van der Waals surface area contributed by atoms with Gasteiger partial charge in [-0.25, -0.2) is 4.79 Å². The van der Waals surface area contributed by atoms with Crippen molar-refractivity contribution < 1.29 is 14.7 Å². The second-order valence-electron chi connectivity index (χ2n) is 3.54. The number of primary amides is 1. The van der Waals surface area contributed by atoms with E-state index in [4.69, 9.17) is 5.73 Å². The number of nitrogens with two attached hydrogens (primary N) is 1. The lowest BCUT2D eigenvalue weighted by molar-refractivity contribution is 0.0692. The Kier molecular flexibility index (Phi) is 4.09. The molecule has 0 heterocycles. The number of amides is 1. The number of carbonyl (C=O) groups excluding carboxylic acids is 1. The van der Waals surface area contributed by atoms with Crippen molar-refractivity contribution >= 4 is 17.6 Å². The summed E-state index contributed by atoms with van der Waals surface area (Å²) in [4.78, 5) is 24.3. The van der Waals surface area contributed by atoms with E-state index in [1.807, 2.05) is 18.7 Å². The van der Waals surface area contributed by atoms with E-state index in [2.05, 4.69) is 0 Å². The van der Waals surface area contributed by atoms with Gasteiger partial charge in [0.2, 0.25) is 5.91 Å². The van der Waals surface area contributed by atoms with Gasteiger partial charge in [-0.3, -0.25) is 4.79 Å². The summed E-state index contributed by atoms with van der Waals surface area (Å²) in [5.74, 6) is -1.86. The SMILES string of the molecule is CCN(CC)c1cccc(C(N)=O)c1C(=O)O. The molecule has 1 rings (SSSR count). The van der Waals surface area contributed by atoms with Gasteiger partial charge in [0.05, 0.1) is 16.8 Å². The Labute approximate surface area is 99.8 Å². The molecule has 0 aliphatic heterocycles. The van der Waals surface area contributed by atoms with Gasteiger partial charge in [0.25, 0.3) is 0 Å². The van der Waals surface area contributed by atoms with Crippen molar-refractivity contribution in [3.05, 3.63) is 29.3 Å². The highest BCUT2D eigenvalue weighted by Crippen LogP contribution is 2.23. The van der Waals surface area contributed by atoms with Crippen molar-refractivity contribution in [2.45, 2.75) is 13.8 Å².